The molecule has 39 heteroatoms. The number of carbonyl (C=O) groups excluding carboxylic acids is 1. The van der Waals surface area contributed by atoms with Crippen molar-refractivity contribution in [1.82, 2.24) is 4.57 Å². The van der Waals surface area contributed by atoms with Crippen LogP contribution in [0.5, 0.6) is 28.9 Å². The van der Waals surface area contributed by atoms with Gasteiger partial charge in [-0.15, -0.1) is 25.6 Å². The van der Waals surface area contributed by atoms with Crippen LogP contribution in [0.2, 0.25) is 0 Å². The van der Waals surface area contributed by atoms with E-state index in [1.807, 2.05) is 0 Å². The van der Waals surface area contributed by atoms with E-state index in [1.54, 1.807) is 19.9 Å². The molecule has 12 N–H and O–H groups in total. The predicted molar refractivity (Wildman–Crippen MR) is 280 cm³/mol. The Morgan fingerprint density at radius 2 is 1.09 bits per heavy atom. The molecule has 0 spiro atoms. The third kappa shape index (κ3) is 14.8. The molecule has 0 atom stereocenters. The van der Waals surface area contributed by atoms with E-state index >= 15 is 0 Å². The Morgan fingerprint density at radius 3 is 1.59 bits per heavy atom. The Bertz CT molecular complexity index is 4340. The zero-order chi connectivity index (χ0) is 61.6. The minimum Gasteiger partial charge on any atom is -0.505 e. The summed E-state index contributed by atoms with van der Waals surface area (Å²) in [5, 5.41) is 77.6. The number of primary amides is 1. The minimum absolute atomic E-state index is 0.00300. The average Bonchev–Trinajstić information content (AvgIpc) is 3.54. The van der Waals surface area contributed by atoms with Gasteiger partial charge in [-0.3, -0.25) is 36.9 Å². The van der Waals surface area contributed by atoms with E-state index in [1.165, 1.54) is 25.1 Å². The van der Waals surface area contributed by atoms with Gasteiger partial charge in [0.05, 0.1) is 29.2 Å². The second kappa shape index (κ2) is 25.2. The lowest BCUT2D eigenvalue weighted by Crippen LogP contribution is -2.25. The number of aliphatic hydroxyl groups is 2. The lowest BCUT2D eigenvalue weighted by atomic mass is 10.1. The van der Waals surface area contributed by atoms with Gasteiger partial charge in [0.15, 0.2) is 17.2 Å². The number of azo groups is 4. The number of rotatable bonds is 20. The first-order chi connectivity index (χ1) is 38.0. The molecule has 82 heavy (non-hydrogen) atoms. The van der Waals surface area contributed by atoms with Crippen LogP contribution in [0.1, 0.15) is 28.4 Å². The Balaban J connectivity index is 0.000000302. The normalized spacial score (nSPS) is 12.7. The average molecular weight is 1250 g/mol. The van der Waals surface area contributed by atoms with Crippen molar-refractivity contribution >= 4 is 107 Å². The van der Waals surface area contributed by atoms with E-state index < -0.39 is 132 Å². The van der Waals surface area contributed by atoms with E-state index in [-0.39, 0.29) is 72.6 Å². The molecule has 6 aromatic rings. The van der Waals surface area contributed by atoms with Crippen LogP contribution < -0.4 is 20.8 Å². The number of hydrogen-bond donors (Lipinski definition) is 11. The highest BCUT2D eigenvalue weighted by molar-refractivity contribution is 7.87. The molecule has 0 unspecified atom stereocenters. The van der Waals surface area contributed by atoms with Crippen molar-refractivity contribution in [1.29, 1.82) is 0 Å². The SMILES string of the molecule is CCn1c(O)c(C(N)=O)c(C)c(N=Nc2ccc(N=Nc3cc(OCCO)c(C)cc3OCCO)c(S(=O)(=O)O)c2)c1=O.CN=Nc1c(S(=O)(=O)O)cc2cc(S(=O)(=O)O)c(N=Nc3cc(S(=O)(=O)O)ccc3S(=O)(=O)O)c(O)c2c1O. The number of hydrogen-bond acceptors (Lipinski definition) is 27. The number of phenolic OH excluding ortho intramolecular Hbond substituents is 2. The number of phenols is 2. The number of aromatic hydroxyl groups is 3. The van der Waals surface area contributed by atoms with Crippen molar-refractivity contribution in [2.75, 3.05) is 33.5 Å². The Kier molecular flexibility index (Phi) is 19.8. The highest BCUT2D eigenvalue weighted by Gasteiger charge is 2.30. The first-order valence-electron chi connectivity index (χ1n) is 22.2. The molecule has 0 aliphatic heterocycles. The van der Waals surface area contributed by atoms with Crippen LogP contribution in [0.4, 0.5) is 39.8 Å². The van der Waals surface area contributed by atoms with Crippen molar-refractivity contribution in [2.45, 2.75) is 51.8 Å². The van der Waals surface area contributed by atoms with Crippen LogP contribution in [0.15, 0.2) is 131 Å². The van der Waals surface area contributed by atoms with Gasteiger partial charge in [0, 0.05) is 25.2 Å². The molecule has 0 saturated heterocycles. The van der Waals surface area contributed by atoms with Crippen molar-refractivity contribution in [3.63, 3.8) is 0 Å². The van der Waals surface area contributed by atoms with E-state index in [0.29, 0.717) is 41.6 Å². The lowest BCUT2D eigenvalue weighted by molar-refractivity contribution is 0.0995. The number of aliphatic hydroxyl groups excluding tert-OH is 2. The standard InChI is InChI=1S/C26H30N6O10S.C17H14N4O14S4/c1-4-32-25(36)22(24(27)35)15(3)23(26(32)37)31-28-16-5-6-17(21(12-16)43(38,39)40)29-30-18-13-19(41-9-7-33)14(2)11-20(18)42-10-8-34;1-18-20-14-11(38(30,31)32)4-7-5-12(39(33,34)35)15(17(23)13(7)16(14)22)21-19-9-6-8(36(24,25)26)2-3-10(9)37(27,28)29/h5-6,11-13,33-34,36H,4,7-10H2,1-3H3,(H2,27,35)(H,38,39,40);2-6,22-23H,1H3,(H,24,25,26)(H,27,28,29)(H,30,31,32)(H,33,34,35). The smallest absolute Gasteiger partial charge is 0.296 e. The van der Waals surface area contributed by atoms with Gasteiger partial charge in [0.2, 0.25) is 5.88 Å². The number of pyridine rings is 1. The summed E-state index contributed by atoms with van der Waals surface area (Å²) in [6.07, 6.45) is 0. The molecule has 0 aliphatic rings. The molecule has 440 valence electrons. The number of amides is 1. The van der Waals surface area contributed by atoms with Gasteiger partial charge in [-0.25, -0.2) is 0 Å². The number of ether oxygens (including phenoxy) is 2. The zero-order valence-electron chi connectivity index (χ0n) is 42.1. The molecule has 1 amide bonds. The fourth-order valence-electron chi connectivity index (χ4n) is 7.10. The number of nitrogens with zero attached hydrogens (tertiary/aromatic N) is 9. The summed E-state index contributed by atoms with van der Waals surface area (Å²) in [5.74, 6) is -3.56. The molecule has 0 radical (unpaired) electrons. The van der Waals surface area contributed by atoms with E-state index in [4.69, 9.17) is 25.4 Å². The molecule has 5 aromatic carbocycles. The largest absolute Gasteiger partial charge is 0.505 e. The molecular formula is C43H44N10O24S5. The third-order valence-electron chi connectivity index (χ3n) is 10.7. The number of aryl methyl sites for hydroxylation is 1. The predicted octanol–water partition coefficient (Wildman–Crippen LogP) is 5.48. The monoisotopic (exact) mass is 1240 g/mol. The summed E-state index contributed by atoms with van der Waals surface area (Å²) in [6.45, 7) is 3.99. The molecule has 0 fully saturated rings. The van der Waals surface area contributed by atoms with Crippen molar-refractivity contribution in [3.05, 3.63) is 87.7 Å². The minimum atomic E-state index is -5.36. The lowest BCUT2D eigenvalue weighted by Gasteiger charge is -2.13. The Hall–Kier alpha value is -8.35. The molecule has 0 bridgehead atoms. The van der Waals surface area contributed by atoms with Crippen LogP contribution in [-0.2, 0) is 57.1 Å². The fourth-order valence-corrected chi connectivity index (χ4v) is 10.2. The Labute approximate surface area is 462 Å². The van der Waals surface area contributed by atoms with Crippen LogP contribution in [-0.4, -0.2) is 134 Å². The third-order valence-corrected chi connectivity index (χ3v) is 15.1. The molecule has 1 aromatic heterocycles. The van der Waals surface area contributed by atoms with Gasteiger partial charge < -0.3 is 40.7 Å². The molecule has 6 rings (SSSR count). The van der Waals surface area contributed by atoms with Crippen LogP contribution in [0.3, 0.4) is 0 Å². The van der Waals surface area contributed by atoms with Gasteiger partial charge >= 0.3 is 0 Å². The summed E-state index contributed by atoms with van der Waals surface area (Å²) in [6, 6.07) is 8.93. The van der Waals surface area contributed by atoms with Crippen molar-refractivity contribution < 1.29 is 105 Å². The van der Waals surface area contributed by atoms with Crippen LogP contribution in [0, 0.1) is 13.8 Å². The maximum Gasteiger partial charge on any atom is 0.296 e. The summed E-state index contributed by atoms with van der Waals surface area (Å²) in [4.78, 5) is 19.6. The van der Waals surface area contributed by atoms with Gasteiger partial charge in [0.25, 0.3) is 62.1 Å². The van der Waals surface area contributed by atoms with Crippen LogP contribution in [0.25, 0.3) is 10.8 Å². The van der Waals surface area contributed by atoms with Crippen molar-refractivity contribution in [3.8, 4) is 28.9 Å². The summed E-state index contributed by atoms with van der Waals surface area (Å²) < 4.78 is 178. The highest BCUT2D eigenvalue weighted by atomic mass is 32.2. The molecule has 0 aliphatic carbocycles. The second-order valence-corrected chi connectivity index (χ2v) is 23.1. The molecule has 1 heterocycles. The maximum absolute atomic E-state index is 12.8. The zero-order valence-corrected chi connectivity index (χ0v) is 46.2. The molecule has 34 nitrogen and oxygen atoms in total. The summed E-state index contributed by atoms with van der Waals surface area (Å²) >= 11 is 0. The van der Waals surface area contributed by atoms with E-state index in [0.717, 1.165) is 17.7 Å². The molecule has 0 saturated carbocycles. The first kappa shape index (κ1) is 64.5. The van der Waals surface area contributed by atoms with Gasteiger partial charge in [-0.2, -0.15) is 57.4 Å². The number of benzene rings is 5. The van der Waals surface area contributed by atoms with E-state index in [9.17, 15) is 89.8 Å². The topological polar surface area (TPSA) is 555 Å². The molecular weight excluding hydrogens is 1200 g/mol. The number of carbonyl (C=O) groups is 1. The highest BCUT2D eigenvalue weighted by Crippen LogP contribution is 2.50. The van der Waals surface area contributed by atoms with Crippen molar-refractivity contribution in [2.24, 2.45) is 46.6 Å². The summed E-state index contributed by atoms with van der Waals surface area (Å²) in [7, 11) is -24.4. The number of fused-ring (bicyclic) bond motifs is 1. The van der Waals surface area contributed by atoms with Gasteiger partial charge in [0.1, 0.15) is 78.3 Å². The first-order valence-corrected chi connectivity index (χ1v) is 29.4. The van der Waals surface area contributed by atoms with Gasteiger partial charge in [-0.1, -0.05) is 0 Å². The maximum atomic E-state index is 12.8. The Morgan fingerprint density at radius 1 is 0.573 bits per heavy atom. The van der Waals surface area contributed by atoms with Crippen LogP contribution >= 0.6 is 0 Å². The second-order valence-electron chi connectivity index (χ2n) is 16.1. The van der Waals surface area contributed by atoms with E-state index in [2.05, 4.69) is 40.9 Å². The van der Waals surface area contributed by atoms with Gasteiger partial charge in [-0.05, 0) is 86.3 Å². The number of nitrogens with two attached hydrogens (primary N) is 1. The fraction of sp³-hybridized carbons (Fsp3) is 0.209. The quantitative estimate of drug-likeness (QED) is 0.0333. The number of aromatic nitrogens is 1. The summed E-state index contributed by atoms with van der Waals surface area (Å²) in [5.41, 5.74) is 1.11.